The molecule has 2 N–H and O–H groups in total. The van der Waals surface area contributed by atoms with Crippen molar-refractivity contribution in [3.8, 4) is 0 Å². The highest BCUT2D eigenvalue weighted by atomic mass is 35.5. The topological polar surface area (TPSA) is 84.5 Å². The molecule has 0 radical (unpaired) electrons. The minimum Gasteiger partial charge on any atom is -0.444 e. The number of benzene rings is 1. The van der Waals surface area contributed by atoms with Gasteiger partial charge in [-0.1, -0.05) is 51.1 Å². The fraction of sp³-hybridized carbons (Fsp3) is 0.625. The van der Waals surface area contributed by atoms with E-state index in [0.717, 1.165) is 32.1 Å². The molecule has 1 saturated carbocycles. The Morgan fingerprint density at radius 3 is 2.39 bits per heavy atom. The number of hydrogen-bond acceptors (Lipinski definition) is 4. The second kappa shape index (κ2) is 11.0. The van der Waals surface area contributed by atoms with Crippen molar-refractivity contribution in [1.29, 1.82) is 0 Å². The van der Waals surface area contributed by atoms with Crippen molar-refractivity contribution in [2.45, 2.75) is 84.8 Å². The van der Waals surface area contributed by atoms with Crippen molar-refractivity contribution < 1.29 is 19.1 Å². The lowest BCUT2D eigenvalue weighted by Gasteiger charge is -2.27. The third kappa shape index (κ3) is 7.53. The third-order valence-corrected chi connectivity index (χ3v) is 5.88. The van der Waals surface area contributed by atoms with E-state index in [9.17, 15) is 14.4 Å². The molecule has 0 saturated heterocycles. The minimum absolute atomic E-state index is 0.0118. The summed E-state index contributed by atoms with van der Waals surface area (Å²) in [5.41, 5.74) is 0.174. The number of Topliss-reactive ketones (excluding diaryl/α,β-unsaturated/α-hetero) is 1. The summed E-state index contributed by atoms with van der Waals surface area (Å²) in [7, 11) is 0. The third-order valence-electron chi connectivity index (χ3n) is 5.65. The van der Waals surface area contributed by atoms with Crippen LogP contribution in [0.5, 0.6) is 0 Å². The molecular weight excluding hydrogens is 416 g/mol. The molecule has 7 heteroatoms. The Morgan fingerprint density at radius 1 is 1.16 bits per heavy atom. The maximum Gasteiger partial charge on any atom is 0.408 e. The van der Waals surface area contributed by atoms with Gasteiger partial charge in [0, 0.05) is 16.5 Å². The Bertz CT molecular complexity index is 797. The first-order valence-corrected chi connectivity index (χ1v) is 11.5. The second-order valence-electron chi connectivity index (χ2n) is 9.39. The van der Waals surface area contributed by atoms with E-state index in [4.69, 9.17) is 16.3 Å². The van der Waals surface area contributed by atoms with Gasteiger partial charge in [-0.15, -0.1) is 0 Å². The molecule has 1 aromatic carbocycles. The first kappa shape index (κ1) is 25.2. The van der Waals surface area contributed by atoms with E-state index in [0.29, 0.717) is 22.7 Å². The number of carbonyl (C=O) groups is 3. The van der Waals surface area contributed by atoms with Gasteiger partial charge in [-0.2, -0.15) is 0 Å². The summed E-state index contributed by atoms with van der Waals surface area (Å²) in [6.45, 7) is 9.13. The highest BCUT2D eigenvalue weighted by Gasteiger charge is 2.30. The molecule has 2 atom stereocenters. The lowest BCUT2D eigenvalue weighted by Crippen LogP contribution is -2.49. The number of anilines is 1. The zero-order valence-electron chi connectivity index (χ0n) is 19.2. The maximum atomic E-state index is 13.1. The number of ketones is 1. The summed E-state index contributed by atoms with van der Waals surface area (Å²) < 4.78 is 5.32. The number of hydrogen-bond donors (Lipinski definition) is 2. The highest BCUT2D eigenvalue weighted by molar-refractivity contribution is 6.31. The van der Waals surface area contributed by atoms with Crippen LogP contribution in [0.2, 0.25) is 5.02 Å². The molecule has 0 bridgehead atoms. The van der Waals surface area contributed by atoms with E-state index in [1.165, 1.54) is 0 Å². The average molecular weight is 451 g/mol. The van der Waals surface area contributed by atoms with Crippen LogP contribution in [0.1, 0.15) is 83.5 Å². The van der Waals surface area contributed by atoms with Crippen LogP contribution < -0.4 is 10.6 Å². The normalized spacial score (nSPS) is 16.8. The van der Waals surface area contributed by atoms with Gasteiger partial charge in [-0.25, -0.2) is 4.79 Å². The van der Waals surface area contributed by atoms with E-state index < -0.39 is 17.7 Å². The lowest BCUT2D eigenvalue weighted by molar-refractivity contribution is -0.119. The molecule has 0 aliphatic heterocycles. The monoisotopic (exact) mass is 450 g/mol. The Labute approximate surface area is 190 Å². The molecule has 1 fully saturated rings. The standard InChI is InChI=1S/C24H35ClN2O4/c1-6-15(2)20(27-23(30)31-24(3,4)5)22(29)26-19-13-12-17(25)14-18(19)21(28)16-10-8-7-9-11-16/h12-16,20H,6-11H2,1-5H3,(H,26,29)(H,27,30)/t15-,20-/m0/s1. The average Bonchev–Trinajstić information content (AvgIpc) is 2.71. The Hall–Kier alpha value is -2.08. The van der Waals surface area contributed by atoms with Crippen molar-refractivity contribution in [1.82, 2.24) is 5.32 Å². The number of ether oxygens (including phenoxy) is 1. The smallest absolute Gasteiger partial charge is 0.408 e. The van der Waals surface area contributed by atoms with Crippen LogP contribution in [0.15, 0.2) is 18.2 Å². The zero-order valence-corrected chi connectivity index (χ0v) is 20.0. The highest BCUT2D eigenvalue weighted by Crippen LogP contribution is 2.31. The SMILES string of the molecule is CC[C@H](C)[C@H](NC(=O)OC(C)(C)C)C(=O)Nc1ccc(Cl)cc1C(=O)C1CCCCC1. The van der Waals surface area contributed by atoms with Crippen LogP contribution >= 0.6 is 11.6 Å². The van der Waals surface area contributed by atoms with Gasteiger partial charge in [-0.3, -0.25) is 9.59 Å². The molecule has 6 nitrogen and oxygen atoms in total. The molecule has 172 valence electrons. The lowest BCUT2D eigenvalue weighted by atomic mass is 9.83. The summed E-state index contributed by atoms with van der Waals surface area (Å²) >= 11 is 6.16. The first-order valence-electron chi connectivity index (χ1n) is 11.2. The van der Waals surface area contributed by atoms with Gasteiger partial charge in [-0.05, 0) is 57.7 Å². The number of amides is 2. The van der Waals surface area contributed by atoms with Gasteiger partial charge < -0.3 is 15.4 Å². The molecule has 0 unspecified atom stereocenters. The molecule has 0 heterocycles. The largest absolute Gasteiger partial charge is 0.444 e. The quantitative estimate of drug-likeness (QED) is 0.500. The Balaban J connectivity index is 2.22. The predicted octanol–water partition coefficient (Wildman–Crippen LogP) is 5.98. The van der Waals surface area contributed by atoms with Gasteiger partial charge in [0.15, 0.2) is 5.78 Å². The van der Waals surface area contributed by atoms with Crippen LogP contribution in [0.3, 0.4) is 0 Å². The van der Waals surface area contributed by atoms with Crippen molar-refractivity contribution in [2.75, 3.05) is 5.32 Å². The number of rotatable bonds is 7. The number of carbonyl (C=O) groups excluding carboxylic acids is 3. The van der Waals surface area contributed by atoms with E-state index in [1.807, 2.05) is 13.8 Å². The minimum atomic E-state index is -0.798. The van der Waals surface area contributed by atoms with Crippen molar-refractivity contribution in [2.24, 2.45) is 11.8 Å². The molecule has 31 heavy (non-hydrogen) atoms. The van der Waals surface area contributed by atoms with Crippen LogP contribution in [0.25, 0.3) is 0 Å². The zero-order chi connectivity index (χ0) is 23.2. The summed E-state index contributed by atoms with van der Waals surface area (Å²) in [6.07, 6.45) is 4.96. The fourth-order valence-corrected chi connectivity index (χ4v) is 3.93. The molecule has 0 spiro atoms. The van der Waals surface area contributed by atoms with E-state index >= 15 is 0 Å². The van der Waals surface area contributed by atoms with Gasteiger partial charge in [0.25, 0.3) is 0 Å². The van der Waals surface area contributed by atoms with Crippen molar-refractivity contribution in [3.05, 3.63) is 28.8 Å². The van der Waals surface area contributed by atoms with Gasteiger partial charge in [0.1, 0.15) is 11.6 Å². The van der Waals surface area contributed by atoms with E-state index in [-0.39, 0.29) is 23.5 Å². The predicted molar refractivity (Wildman–Crippen MR) is 124 cm³/mol. The second-order valence-corrected chi connectivity index (χ2v) is 9.82. The van der Waals surface area contributed by atoms with Gasteiger partial charge >= 0.3 is 6.09 Å². The molecular formula is C24H35ClN2O4. The summed E-state index contributed by atoms with van der Waals surface area (Å²) in [4.78, 5) is 38.6. The Morgan fingerprint density at radius 2 is 1.81 bits per heavy atom. The van der Waals surface area contributed by atoms with Crippen molar-refractivity contribution in [3.63, 3.8) is 0 Å². The molecule has 0 aromatic heterocycles. The van der Waals surface area contributed by atoms with Crippen LogP contribution in [-0.4, -0.2) is 29.4 Å². The summed E-state index contributed by atoms with van der Waals surface area (Å²) in [5, 5.41) is 5.98. The van der Waals surface area contributed by atoms with E-state index in [1.54, 1.807) is 39.0 Å². The molecule has 2 rings (SSSR count). The summed E-state index contributed by atoms with van der Waals surface area (Å²) in [5.74, 6) is -0.552. The summed E-state index contributed by atoms with van der Waals surface area (Å²) in [6, 6.07) is 4.12. The molecule has 1 aliphatic carbocycles. The number of nitrogens with one attached hydrogen (secondary N) is 2. The fourth-order valence-electron chi connectivity index (χ4n) is 3.76. The Kier molecular flexibility index (Phi) is 8.92. The van der Waals surface area contributed by atoms with Crippen molar-refractivity contribution >= 4 is 35.1 Å². The van der Waals surface area contributed by atoms with Crippen LogP contribution in [-0.2, 0) is 9.53 Å². The van der Waals surface area contributed by atoms with E-state index in [2.05, 4.69) is 10.6 Å². The number of halogens is 1. The van der Waals surface area contributed by atoms with Gasteiger partial charge in [0.05, 0.1) is 5.69 Å². The van der Waals surface area contributed by atoms with Crippen LogP contribution in [0.4, 0.5) is 10.5 Å². The maximum absolute atomic E-state index is 13.1. The first-order chi connectivity index (χ1) is 14.5. The van der Waals surface area contributed by atoms with Crippen LogP contribution in [0, 0.1) is 11.8 Å². The molecule has 1 aliphatic rings. The number of alkyl carbamates (subject to hydrolysis) is 1. The van der Waals surface area contributed by atoms with Gasteiger partial charge in [0.2, 0.25) is 5.91 Å². The molecule has 1 aromatic rings. The molecule has 2 amide bonds.